The predicted molar refractivity (Wildman–Crippen MR) is 109 cm³/mol. The van der Waals surface area contributed by atoms with Gasteiger partial charge in [0, 0.05) is 12.1 Å². The number of hydrogen-bond acceptors (Lipinski definition) is 4. The summed E-state index contributed by atoms with van der Waals surface area (Å²) >= 11 is 0. The topological polar surface area (TPSA) is 88.4 Å². The lowest BCUT2D eigenvalue weighted by molar-refractivity contribution is -0.120. The number of carbonyl (C=O) groups is 2. The third-order valence-corrected chi connectivity index (χ3v) is 4.05. The van der Waals surface area contributed by atoms with Gasteiger partial charge in [-0.2, -0.15) is 5.10 Å². The van der Waals surface area contributed by atoms with Crippen LogP contribution in [0.25, 0.3) is 11.0 Å². The van der Waals surface area contributed by atoms with E-state index in [4.69, 9.17) is 0 Å². The Kier molecular flexibility index (Phi) is 6.16. The molecule has 0 bridgehead atoms. The smallest absolute Gasteiger partial charge is 0.259 e. The van der Waals surface area contributed by atoms with Crippen LogP contribution in [0.3, 0.4) is 0 Å². The fraction of sp³-hybridized carbons (Fsp3) is 0.238. The van der Waals surface area contributed by atoms with E-state index in [1.165, 1.54) is 6.21 Å². The van der Waals surface area contributed by atoms with E-state index >= 15 is 0 Å². The molecular weight excluding hydrogens is 354 g/mol. The van der Waals surface area contributed by atoms with Gasteiger partial charge in [0.25, 0.3) is 11.8 Å². The van der Waals surface area contributed by atoms with Crippen LogP contribution >= 0.6 is 0 Å². The van der Waals surface area contributed by atoms with Crippen molar-refractivity contribution in [2.75, 3.05) is 6.54 Å². The molecule has 1 heterocycles. The maximum Gasteiger partial charge on any atom is 0.259 e. The number of nitrogens with one attached hydrogen (secondary N) is 2. The van der Waals surface area contributed by atoms with Gasteiger partial charge < -0.3 is 9.88 Å². The highest BCUT2D eigenvalue weighted by molar-refractivity contribution is 5.96. The van der Waals surface area contributed by atoms with Crippen LogP contribution in [-0.2, 0) is 11.3 Å². The van der Waals surface area contributed by atoms with Crippen molar-refractivity contribution in [3.8, 4) is 0 Å². The number of rotatable bonds is 7. The SMILES string of the molecule is CC(C)Cn1c(/C=N\NC(=O)CNC(=O)c2ccccc2)nc2ccccc21. The first kappa shape index (κ1) is 19.3. The van der Waals surface area contributed by atoms with Crippen LogP contribution in [0.5, 0.6) is 0 Å². The molecule has 0 atom stereocenters. The lowest BCUT2D eigenvalue weighted by Crippen LogP contribution is -2.34. The number of hydrogen-bond donors (Lipinski definition) is 2. The van der Waals surface area contributed by atoms with Crippen LogP contribution in [0.2, 0.25) is 0 Å². The first-order valence-corrected chi connectivity index (χ1v) is 9.15. The van der Waals surface area contributed by atoms with Crippen molar-refractivity contribution in [2.24, 2.45) is 11.0 Å². The second kappa shape index (κ2) is 8.94. The van der Waals surface area contributed by atoms with Crippen LogP contribution < -0.4 is 10.7 Å². The molecule has 1 aromatic heterocycles. The summed E-state index contributed by atoms with van der Waals surface area (Å²) in [6.07, 6.45) is 1.53. The second-order valence-corrected chi connectivity index (χ2v) is 6.81. The molecule has 0 aliphatic heterocycles. The molecule has 7 heteroatoms. The lowest BCUT2D eigenvalue weighted by atomic mass is 10.2. The molecule has 0 spiro atoms. The zero-order valence-corrected chi connectivity index (χ0v) is 15.9. The minimum atomic E-state index is -0.410. The number of hydrazone groups is 1. The fourth-order valence-electron chi connectivity index (χ4n) is 2.80. The Morgan fingerprint density at radius 3 is 2.57 bits per heavy atom. The Bertz CT molecular complexity index is 992. The normalized spacial score (nSPS) is 11.2. The van der Waals surface area contributed by atoms with Gasteiger partial charge in [-0.05, 0) is 30.2 Å². The third kappa shape index (κ3) is 4.82. The number of nitrogens with zero attached hydrogens (tertiary/aromatic N) is 3. The highest BCUT2D eigenvalue weighted by Crippen LogP contribution is 2.16. The molecule has 7 nitrogen and oxygen atoms in total. The number of amides is 2. The molecule has 144 valence electrons. The molecule has 0 aliphatic rings. The minimum absolute atomic E-state index is 0.159. The molecule has 2 amide bonds. The summed E-state index contributed by atoms with van der Waals surface area (Å²) in [6.45, 7) is 4.90. The quantitative estimate of drug-likeness (QED) is 0.490. The number of benzene rings is 2. The molecular formula is C21H23N5O2. The van der Waals surface area contributed by atoms with Crippen molar-refractivity contribution in [1.29, 1.82) is 0 Å². The standard InChI is InChI=1S/C21H23N5O2/c1-15(2)14-26-18-11-7-6-10-17(18)24-19(26)12-23-25-20(27)13-22-21(28)16-8-4-3-5-9-16/h3-12,15H,13-14H2,1-2H3,(H,22,28)(H,25,27)/b23-12-. The van der Waals surface area contributed by atoms with Crippen LogP contribution in [0.15, 0.2) is 59.7 Å². The second-order valence-electron chi connectivity index (χ2n) is 6.81. The van der Waals surface area contributed by atoms with Gasteiger partial charge in [0.05, 0.1) is 23.8 Å². The summed E-state index contributed by atoms with van der Waals surface area (Å²) in [5.41, 5.74) is 4.83. The Morgan fingerprint density at radius 2 is 1.82 bits per heavy atom. The Labute approximate surface area is 163 Å². The average Bonchev–Trinajstić information content (AvgIpc) is 3.04. The molecule has 0 aliphatic carbocycles. The summed E-state index contributed by atoms with van der Waals surface area (Å²) in [5.74, 6) is 0.390. The van der Waals surface area contributed by atoms with Crippen LogP contribution in [0, 0.1) is 5.92 Å². The zero-order valence-electron chi connectivity index (χ0n) is 15.9. The van der Waals surface area contributed by atoms with Crippen LogP contribution in [0.4, 0.5) is 0 Å². The summed E-state index contributed by atoms with van der Waals surface area (Å²) in [7, 11) is 0. The van der Waals surface area contributed by atoms with E-state index in [-0.39, 0.29) is 12.5 Å². The highest BCUT2D eigenvalue weighted by Gasteiger charge is 2.10. The molecule has 3 rings (SSSR count). The number of para-hydroxylation sites is 2. The zero-order chi connectivity index (χ0) is 19.9. The summed E-state index contributed by atoms with van der Waals surface area (Å²) in [6, 6.07) is 16.6. The van der Waals surface area contributed by atoms with Gasteiger partial charge in [0.15, 0.2) is 5.82 Å². The van der Waals surface area contributed by atoms with Gasteiger partial charge >= 0.3 is 0 Å². The van der Waals surface area contributed by atoms with Crippen molar-refractivity contribution < 1.29 is 9.59 Å². The molecule has 3 aromatic rings. The first-order valence-electron chi connectivity index (χ1n) is 9.15. The lowest BCUT2D eigenvalue weighted by Gasteiger charge is -2.09. The number of imidazole rings is 1. The van der Waals surface area contributed by atoms with Crippen molar-refractivity contribution in [2.45, 2.75) is 20.4 Å². The number of carbonyl (C=O) groups excluding carboxylic acids is 2. The average molecular weight is 377 g/mol. The maximum atomic E-state index is 11.9. The van der Waals surface area contributed by atoms with Crippen molar-refractivity contribution in [3.05, 3.63) is 66.0 Å². The van der Waals surface area contributed by atoms with E-state index in [2.05, 4.69) is 39.2 Å². The van der Waals surface area contributed by atoms with Gasteiger partial charge in [0.2, 0.25) is 0 Å². The predicted octanol–water partition coefficient (Wildman–Crippen LogP) is 2.57. The van der Waals surface area contributed by atoms with E-state index < -0.39 is 5.91 Å². The van der Waals surface area contributed by atoms with Crippen LogP contribution in [-0.4, -0.2) is 34.1 Å². The Hall–Kier alpha value is -3.48. The van der Waals surface area contributed by atoms with Crippen LogP contribution in [0.1, 0.15) is 30.0 Å². The molecule has 0 radical (unpaired) electrons. The van der Waals surface area contributed by atoms with Gasteiger partial charge in [-0.15, -0.1) is 0 Å². The Balaban J connectivity index is 1.61. The number of fused-ring (bicyclic) bond motifs is 1. The van der Waals surface area contributed by atoms with E-state index in [0.717, 1.165) is 17.6 Å². The molecule has 2 N–H and O–H groups in total. The minimum Gasteiger partial charge on any atom is -0.343 e. The van der Waals surface area contributed by atoms with Crippen molar-refractivity contribution in [1.82, 2.24) is 20.3 Å². The van der Waals surface area contributed by atoms with E-state index in [9.17, 15) is 9.59 Å². The van der Waals surface area contributed by atoms with Gasteiger partial charge in [-0.1, -0.05) is 44.2 Å². The summed E-state index contributed by atoms with van der Waals surface area (Å²) in [4.78, 5) is 28.5. The third-order valence-electron chi connectivity index (χ3n) is 4.05. The molecule has 28 heavy (non-hydrogen) atoms. The van der Waals surface area contributed by atoms with E-state index in [0.29, 0.717) is 17.3 Å². The van der Waals surface area contributed by atoms with Gasteiger partial charge in [-0.3, -0.25) is 9.59 Å². The summed E-state index contributed by atoms with van der Waals surface area (Å²) < 4.78 is 2.08. The monoisotopic (exact) mass is 377 g/mol. The van der Waals surface area contributed by atoms with E-state index in [1.807, 2.05) is 30.3 Å². The van der Waals surface area contributed by atoms with Gasteiger partial charge in [-0.25, -0.2) is 10.4 Å². The molecule has 0 fully saturated rings. The maximum absolute atomic E-state index is 11.9. The molecule has 0 saturated heterocycles. The van der Waals surface area contributed by atoms with E-state index in [1.54, 1.807) is 24.3 Å². The number of aromatic nitrogens is 2. The van der Waals surface area contributed by atoms with Crippen molar-refractivity contribution in [3.63, 3.8) is 0 Å². The highest BCUT2D eigenvalue weighted by atomic mass is 16.2. The molecule has 0 unspecified atom stereocenters. The molecule has 2 aromatic carbocycles. The van der Waals surface area contributed by atoms with Gasteiger partial charge in [0.1, 0.15) is 0 Å². The first-order chi connectivity index (χ1) is 13.5. The largest absolute Gasteiger partial charge is 0.343 e. The van der Waals surface area contributed by atoms with Crippen molar-refractivity contribution >= 4 is 29.1 Å². The fourth-order valence-corrected chi connectivity index (χ4v) is 2.80. The molecule has 0 saturated carbocycles. The Morgan fingerprint density at radius 1 is 1.11 bits per heavy atom. The summed E-state index contributed by atoms with van der Waals surface area (Å²) in [5, 5.41) is 6.56.